The van der Waals surface area contributed by atoms with Gasteiger partial charge in [0, 0.05) is 41.2 Å². The number of amides is 1. The van der Waals surface area contributed by atoms with Crippen LogP contribution in [-0.4, -0.2) is 45.1 Å². The van der Waals surface area contributed by atoms with E-state index in [-0.39, 0.29) is 31.0 Å². The summed E-state index contributed by atoms with van der Waals surface area (Å²) in [5.41, 5.74) is 7.55. The highest BCUT2D eigenvalue weighted by Gasteiger charge is 2.44. The van der Waals surface area contributed by atoms with Crippen LogP contribution in [0.15, 0.2) is 28.9 Å². The monoisotopic (exact) mass is 476 g/mol. The predicted octanol–water partition coefficient (Wildman–Crippen LogP) is 3.62. The van der Waals surface area contributed by atoms with Gasteiger partial charge in [-0.2, -0.15) is 4.98 Å². The highest BCUT2D eigenvalue weighted by Crippen LogP contribution is 2.41. The molecule has 5 rings (SSSR count). The topological polar surface area (TPSA) is 115 Å². The number of hydrogen-bond donors (Lipinski definition) is 2. The van der Waals surface area contributed by atoms with Crippen LogP contribution in [0.2, 0.25) is 10.0 Å². The van der Waals surface area contributed by atoms with Crippen LogP contribution in [-0.2, 0) is 21.6 Å². The molecule has 3 N–H and O–H groups in total. The van der Waals surface area contributed by atoms with E-state index >= 15 is 0 Å². The fourth-order valence-electron chi connectivity index (χ4n) is 4.83. The summed E-state index contributed by atoms with van der Waals surface area (Å²) < 4.78 is 11.3. The molecule has 0 aliphatic carbocycles. The van der Waals surface area contributed by atoms with Crippen molar-refractivity contribution in [2.45, 2.75) is 43.9 Å². The van der Waals surface area contributed by atoms with Crippen molar-refractivity contribution in [2.75, 3.05) is 18.9 Å². The summed E-state index contributed by atoms with van der Waals surface area (Å²) in [5.74, 6) is -0.190. The van der Waals surface area contributed by atoms with E-state index in [0.29, 0.717) is 46.1 Å². The van der Waals surface area contributed by atoms with Crippen LogP contribution in [0.25, 0.3) is 11.1 Å². The fourth-order valence-corrected chi connectivity index (χ4v) is 5.53. The molecule has 0 unspecified atom stereocenters. The first-order chi connectivity index (χ1) is 15.3. The molecule has 3 aromatic rings. The van der Waals surface area contributed by atoms with E-state index in [0.717, 1.165) is 11.1 Å². The molecule has 2 aliphatic rings. The van der Waals surface area contributed by atoms with E-state index in [1.807, 2.05) is 13.0 Å². The highest BCUT2D eigenvalue weighted by atomic mass is 35.5. The SMILES string of the molecule is C[C@H]1c2c(Cl)cc(Cl)cc2CCN1C(=O)[C@H]1C[C@](O)(c2cncc3nc(N)oc23)CCO1. The minimum absolute atomic E-state index is 0.00433. The molecule has 0 saturated carbocycles. The predicted molar refractivity (Wildman–Crippen MR) is 119 cm³/mol. The van der Waals surface area contributed by atoms with Gasteiger partial charge in [0.05, 0.1) is 18.8 Å². The number of ether oxygens (including phenoxy) is 1. The number of nitrogen functional groups attached to an aromatic ring is 1. The van der Waals surface area contributed by atoms with E-state index in [1.54, 1.807) is 11.0 Å². The number of aromatic nitrogens is 2. The molecule has 2 aliphatic heterocycles. The van der Waals surface area contributed by atoms with Crippen LogP contribution < -0.4 is 5.73 Å². The van der Waals surface area contributed by atoms with Gasteiger partial charge < -0.3 is 24.9 Å². The number of carbonyl (C=O) groups is 1. The van der Waals surface area contributed by atoms with Crippen molar-refractivity contribution in [1.82, 2.24) is 14.9 Å². The third kappa shape index (κ3) is 3.51. The van der Waals surface area contributed by atoms with Crippen molar-refractivity contribution in [2.24, 2.45) is 0 Å². The number of rotatable bonds is 2. The van der Waals surface area contributed by atoms with Crippen LogP contribution >= 0.6 is 23.2 Å². The Balaban J connectivity index is 1.42. The summed E-state index contributed by atoms with van der Waals surface area (Å²) in [6.07, 6.45) is 3.23. The number of oxazole rings is 1. The lowest BCUT2D eigenvalue weighted by Crippen LogP contribution is -2.50. The Labute approximate surface area is 194 Å². The normalized spacial score (nSPS) is 25.7. The number of nitrogens with zero attached hydrogens (tertiary/aromatic N) is 3. The van der Waals surface area contributed by atoms with Crippen LogP contribution in [0, 0.1) is 0 Å². The lowest BCUT2D eigenvalue weighted by Gasteiger charge is -2.41. The maximum Gasteiger partial charge on any atom is 0.293 e. The zero-order valence-corrected chi connectivity index (χ0v) is 18.9. The van der Waals surface area contributed by atoms with Gasteiger partial charge in [-0.15, -0.1) is 0 Å². The van der Waals surface area contributed by atoms with Crippen molar-refractivity contribution in [3.63, 3.8) is 0 Å². The lowest BCUT2D eigenvalue weighted by molar-refractivity contribution is -0.163. The zero-order valence-electron chi connectivity index (χ0n) is 17.3. The smallest absolute Gasteiger partial charge is 0.293 e. The second kappa shape index (κ2) is 7.88. The van der Waals surface area contributed by atoms with Crippen molar-refractivity contribution >= 4 is 46.2 Å². The Bertz CT molecular complexity index is 1220. The Hall–Kier alpha value is -2.39. The number of nitrogens with two attached hydrogens (primary N) is 1. The van der Waals surface area contributed by atoms with E-state index in [2.05, 4.69) is 9.97 Å². The van der Waals surface area contributed by atoms with Crippen LogP contribution in [0.1, 0.15) is 42.5 Å². The second-order valence-electron chi connectivity index (χ2n) is 8.35. The van der Waals surface area contributed by atoms with Gasteiger partial charge in [0.2, 0.25) is 0 Å². The van der Waals surface area contributed by atoms with Gasteiger partial charge in [0.15, 0.2) is 5.58 Å². The third-order valence-corrected chi connectivity index (χ3v) is 6.95. The quantitative estimate of drug-likeness (QED) is 0.579. The number of fused-ring (bicyclic) bond motifs is 2. The summed E-state index contributed by atoms with van der Waals surface area (Å²) in [7, 11) is 0. The van der Waals surface area contributed by atoms with Gasteiger partial charge >= 0.3 is 0 Å². The molecule has 1 fully saturated rings. The van der Waals surface area contributed by atoms with Crippen LogP contribution in [0.4, 0.5) is 6.01 Å². The Morgan fingerprint density at radius 1 is 1.34 bits per heavy atom. The minimum Gasteiger partial charge on any atom is -0.423 e. The standard InChI is InChI=1S/C22H22Cl2N4O4/c1-11-18-12(6-13(23)7-15(18)24)2-4-28(11)20(29)17-8-22(30,3-5-31-17)14-9-26-10-16-19(14)32-21(25)27-16/h6-7,9-11,17,30H,2-5,8H2,1H3,(H2,25,27)/t11-,17+,22-/m0/s1. The Kier molecular flexibility index (Phi) is 5.28. The molecule has 0 bridgehead atoms. The van der Waals surface area contributed by atoms with Crippen molar-refractivity contribution < 1.29 is 19.1 Å². The van der Waals surface area contributed by atoms with Crippen molar-refractivity contribution in [1.29, 1.82) is 0 Å². The maximum absolute atomic E-state index is 13.5. The number of hydrogen-bond acceptors (Lipinski definition) is 7. The third-order valence-electron chi connectivity index (χ3n) is 6.42. The average molecular weight is 477 g/mol. The van der Waals surface area contributed by atoms with E-state index in [9.17, 15) is 9.90 Å². The molecule has 0 spiro atoms. The summed E-state index contributed by atoms with van der Waals surface area (Å²) in [6.45, 7) is 2.66. The second-order valence-corrected chi connectivity index (χ2v) is 9.19. The average Bonchev–Trinajstić information content (AvgIpc) is 3.13. The number of carbonyl (C=O) groups excluding carboxylic acids is 1. The first kappa shape index (κ1) is 21.5. The minimum atomic E-state index is -1.36. The molecular formula is C22H22Cl2N4O4. The molecule has 10 heteroatoms. The zero-order chi connectivity index (χ0) is 22.6. The molecule has 8 nitrogen and oxygen atoms in total. The molecule has 168 valence electrons. The van der Waals surface area contributed by atoms with Crippen LogP contribution in [0.5, 0.6) is 0 Å². The number of benzene rings is 1. The first-order valence-corrected chi connectivity index (χ1v) is 11.2. The summed E-state index contributed by atoms with van der Waals surface area (Å²) in [5, 5.41) is 12.6. The summed E-state index contributed by atoms with van der Waals surface area (Å²) in [6, 6.07) is 3.34. The van der Waals surface area contributed by atoms with Crippen LogP contribution in [0.3, 0.4) is 0 Å². The molecule has 1 saturated heterocycles. The van der Waals surface area contributed by atoms with E-state index in [4.69, 9.17) is 38.1 Å². The molecule has 4 heterocycles. The molecule has 2 aromatic heterocycles. The first-order valence-electron chi connectivity index (χ1n) is 10.4. The Morgan fingerprint density at radius 2 is 2.16 bits per heavy atom. The number of pyridine rings is 1. The van der Waals surface area contributed by atoms with Crippen molar-refractivity contribution in [3.8, 4) is 0 Å². The lowest BCUT2D eigenvalue weighted by atomic mass is 9.83. The van der Waals surface area contributed by atoms with Gasteiger partial charge in [-0.3, -0.25) is 9.78 Å². The number of halogens is 2. The number of aliphatic hydroxyl groups is 1. The molecule has 32 heavy (non-hydrogen) atoms. The van der Waals surface area contributed by atoms with Gasteiger partial charge in [0.25, 0.3) is 11.9 Å². The van der Waals surface area contributed by atoms with Gasteiger partial charge in [-0.25, -0.2) is 0 Å². The van der Waals surface area contributed by atoms with Crippen molar-refractivity contribution in [3.05, 3.63) is 51.3 Å². The molecule has 1 aromatic carbocycles. The van der Waals surface area contributed by atoms with Gasteiger partial charge in [0.1, 0.15) is 17.2 Å². The largest absolute Gasteiger partial charge is 0.423 e. The molecule has 3 atom stereocenters. The Morgan fingerprint density at radius 3 is 2.97 bits per heavy atom. The fraction of sp³-hybridized carbons (Fsp3) is 0.409. The summed E-state index contributed by atoms with van der Waals surface area (Å²) in [4.78, 5) is 23.5. The van der Waals surface area contributed by atoms with E-state index < -0.39 is 11.7 Å². The maximum atomic E-state index is 13.5. The molecule has 0 radical (unpaired) electrons. The van der Waals surface area contributed by atoms with Gasteiger partial charge in [-0.1, -0.05) is 23.2 Å². The summed E-state index contributed by atoms with van der Waals surface area (Å²) >= 11 is 12.6. The van der Waals surface area contributed by atoms with Gasteiger partial charge in [-0.05, 0) is 36.6 Å². The highest BCUT2D eigenvalue weighted by molar-refractivity contribution is 6.35. The number of anilines is 1. The molecule has 1 amide bonds. The molecular weight excluding hydrogens is 455 g/mol. The van der Waals surface area contributed by atoms with E-state index in [1.165, 1.54) is 12.4 Å².